The number of carbonyl (C=O) groups excluding carboxylic acids is 1. The molecule has 82 valence electrons. The molecule has 0 fully saturated rings. The van der Waals surface area contributed by atoms with Gasteiger partial charge in [0.2, 0.25) is 5.91 Å². The summed E-state index contributed by atoms with van der Waals surface area (Å²) < 4.78 is 4.99. The first-order valence-electron chi connectivity index (χ1n) is 4.75. The fourth-order valence-electron chi connectivity index (χ4n) is 1.36. The topological polar surface area (TPSA) is 78.3 Å². The van der Waals surface area contributed by atoms with Crippen molar-refractivity contribution in [2.75, 3.05) is 7.11 Å². The van der Waals surface area contributed by atoms with Crippen molar-refractivity contribution in [3.05, 3.63) is 35.4 Å². The summed E-state index contributed by atoms with van der Waals surface area (Å²) in [5.41, 5.74) is 12.8. The third-order valence-corrected chi connectivity index (χ3v) is 2.14. The molecule has 0 aliphatic carbocycles. The van der Waals surface area contributed by atoms with Gasteiger partial charge in [-0.1, -0.05) is 24.3 Å². The number of amides is 1. The van der Waals surface area contributed by atoms with Crippen molar-refractivity contribution in [1.82, 2.24) is 0 Å². The average molecular weight is 208 g/mol. The number of hydrogen-bond acceptors (Lipinski definition) is 3. The predicted octanol–water partition coefficient (Wildman–Crippen LogP) is 0.708. The quantitative estimate of drug-likeness (QED) is 0.748. The van der Waals surface area contributed by atoms with Gasteiger partial charge in [0, 0.05) is 19.6 Å². The predicted molar refractivity (Wildman–Crippen MR) is 57.9 cm³/mol. The highest BCUT2D eigenvalue weighted by molar-refractivity contribution is 5.74. The molecule has 0 aromatic heterocycles. The minimum atomic E-state index is -0.386. The van der Waals surface area contributed by atoms with Gasteiger partial charge in [-0.15, -0.1) is 0 Å². The summed E-state index contributed by atoms with van der Waals surface area (Å²) in [5, 5.41) is 0. The number of rotatable bonds is 5. The van der Waals surface area contributed by atoms with Crippen LogP contribution in [0.4, 0.5) is 0 Å². The Balaban J connectivity index is 2.66. The Morgan fingerprint density at radius 1 is 1.40 bits per heavy atom. The van der Waals surface area contributed by atoms with E-state index < -0.39 is 0 Å². The van der Waals surface area contributed by atoms with Crippen molar-refractivity contribution in [2.45, 2.75) is 19.1 Å². The molecule has 1 aromatic rings. The van der Waals surface area contributed by atoms with Crippen LogP contribution in [0, 0.1) is 0 Å². The van der Waals surface area contributed by atoms with Crippen LogP contribution in [0.5, 0.6) is 0 Å². The van der Waals surface area contributed by atoms with E-state index in [4.69, 9.17) is 16.2 Å². The maximum absolute atomic E-state index is 10.7. The van der Waals surface area contributed by atoms with E-state index >= 15 is 0 Å². The molecule has 1 rings (SSSR count). The van der Waals surface area contributed by atoms with Crippen molar-refractivity contribution in [1.29, 1.82) is 0 Å². The summed E-state index contributed by atoms with van der Waals surface area (Å²) in [6.45, 7) is 0.575. The molecule has 4 nitrogen and oxygen atoms in total. The molecular weight excluding hydrogens is 192 g/mol. The third kappa shape index (κ3) is 3.69. The highest BCUT2D eigenvalue weighted by Gasteiger charge is 2.08. The molecule has 0 spiro atoms. The summed E-state index contributed by atoms with van der Waals surface area (Å²) >= 11 is 0. The summed E-state index contributed by atoms with van der Waals surface area (Å²) in [7, 11) is 1.65. The maximum Gasteiger partial charge on any atom is 0.219 e. The molecule has 0 bridgehead atoms. The lowest BCUT2D eigenvalue weighted by Gasteiger charge is -2.10. The molecule has 1 aromatic carbocycles. The molecule has 0 saturated carbocycles. The molecule has 0 radical (unpaired) electrons. The Kier molecular flexibility index (Phi) is 4.27. The Morgan fingerprint density at radius 3 is 2.47 bits per heavy atom. The molecule has 0 aliphatic heterocycles. The second kappa shape index (κ2) is 5.48. The largest absolute Gasteiger partial charge is 0.380 e. The minimum absolute atomic E-state index is 0.170. The van der Waals surface area contributed by atoms with E-state index in [0.717, 1.165) is 11.1 Å². The summed E-state index contributed by atoms with van der Waals surface area (Å²) in [6.07, 6.45) is 0.170. The zero-order valence-corrected chi connectivity index (χ0v) is 8.77. The number of hydrogen-bond donors (Lipinski definition) is 2. The Morgan fingerprint density at radius 2 is 2.00 bits per heavy atom. The fourth-order valence-corrected chi connectivity index (χ4v) is 1.36. The summed E-state index contributed by atoms with van der Waals surface area (Å²) in [6, 6.07) is 7.32. The molecule has 4 N–H and O–H groups in total. The Labute approximate surface area is 89.2 Å². The molecule has 0 aliphatic rings. The van der Waals surface area contributed by atoms with Gasteiger partial charge in [-0.2, -0.15) is 0 Å². The van der Waals surface area contributed by atoms with Gasteiger partial charge in [-0.05, 0) is 11.1 Å². The minimum Gasteiger partial charge on any atom is -0.380 e. The molecule has 15 heavy (non-hydrogen) atoms. The van der Waals surface area contributed by atoms with E-state index in [0.29, 0.717) is 6.61 Å². The van der Waals surface area contributed by atoms with Gasteiger partial charge in [0.1, 0.15) is 0 Å². The van der Waals surface area contributed by atoms with Gasteiger partial charge < -0.3 is 16.2 Å². The molecule has 0 heterocycles. The zero-order chi connectivity index (χ0) is 11.3. The van der Waals surface area contributed by atoms with Gasteiger partial charge in [0.25, 0.3) is 0 Å². The second-order valence-electron chi connectivity index (χ2n) is 3.45. The van der Waals surface area contributed by atoms with Crippen LogP contribution in [-0.4, -0.2) is 13.0 Å². The van der Waals surface area contributed by atoms with E-state index in [1.807, 2.05) is 24.3 Å². The Hall–Kier alpha value is -1.39. The molecule has 4 heteroatoms. The van der Waals surface area contributed by atoms with Crippen molar-refractivity contribution >= 4 is 5.91 Å². The second-order valence-corrected chi connectivity index (χ2v) is 3.45. The van der Waals surface area contributed by atoms with Gasteiger partial charge in [-0.3, -0.25) is 4.79 Å². The molecule has 1 atom stereocenters. The molecule has 1 amide bonds. The van der Waals surface area contributed by atoms with E-state index in [1.165, 1.54) is 0 Å². The molecule has 0 saturated heterocycles. The normalized spacial score (nSPS) is 12.4. The lowest BCUT2D eigenvalue weighted by atomic mass is 10.0. The van der Waals surface area contributed by atoms with Crippen molar-refractivity contribution in [3.8, 4) is 0 Å². The lowest BCUT2D eigenvalue weighted by molar-refractivity contribution is -0.118. The van der Waals surface area contributed by atoms with Gasteiger partial charge in [0.05, 0.1) is 6.61 Å². The highest BCUT2D eigenvalue weighted by atomic mass is 16.5. The Bertz CT molecular complexity index is 322. The van der Waals surface area contributed by atoms with Crippen LogP contribution in [-0.2, 0) is 16.1 Å². The number of carbonyl (C=O) groups is 1. The van der Waals surface area contributed by atoms with Crippen LogP contribution in [0.2, 0.25) is 0 Å². The van der Waals surface area contributed by atoms with Crippen molar-refractivity contribution in [2.24, 2.45) is 11.5 Å². The monoisotopic (exact) mass is 208 g/mol. The van der Waals surface area contributed by atoms with Crippen molar-refractivity contribution in [3.63, 3.8) is 0 Å². The van der Waals surface area contributed by atoms with Gasteiger partial charge in [-0.25, -0.2) is 0 Å². The van der Waals surface area contributed by atoms with Crippen LogP contribution in [0.3, 0.4) is 0 Å². The van der Waals surface area contributed by atoms with Gasteiger partial charge >= 0.3 is 0 Å². The van der Waals surface area contributed by atoms with E-state index in [1.54, 1.807) is 7.11 Å². The number of primary amides is 1. The van der Waals surface area contributed by atoms with Crippen LogP contribution in [0.1, 0.15) is 23.6 Å². The van der Waals surface area contributed by atoms with Crippen LogP contribution < -0.4 is 11.5 Å². The van der Waals surface area contributed by atoms with E-state index in [-0.39, 0.29) is 18.4 Å². The van der Waals surface area contributed by atoms with Crippen molar-refractivity contribution < 1.29 is 9.53 Å². The number of ether oxygens (including phenoxy) is 1. The third-order valence-electron chi connectivity index (χ3n) is 2.14. The lowest BCUT2D eigenvalue weighted by Crippen LogP contribution is -2.20. The number of benzene rings is 1. The van der Waals surface area contributed by atoms with Gasteiger partial charge in [0.15, 0.2) is 0 Å². The zero-order valence-electron chi connectivity index (χ0n) is 8.77. The van der Waals surface area contributed by atoms with Crippen LogP contribution in [0.25, 0.3) is 0 Å². The first-order valence-corrected chi connectivity index (χ1v) is 4.75. The smallest absolute Gasteiger partial charge is 0.219 e. The standard InChI is InChI=1S/C11H16N2O2/c1-15-7-8-2-4-9(5-3-8)10(12)6-11(13)14/h2-5,10H,6-7,12H2,1H3,(H2,13,14)/t10-/m0/s1. The fraction of sp³-hybridized carbons (Fsp3) is 0.364. The summed E-state index contributed by atoms with van der Waals surface area (Å²) in [5.74, 6) is -0.386. The van der Waals surface area contributed by atoms with Crippen LogP contribution in [0.15, 0.2) is 24.3 Å². The SMILES string of the molecule is COCc1ccc([C@@H](N)CC(N)=O)cc1. The summed E-state index contributed by atoms with van der Waals surface area (Å²) in [4.78, 5) is 10.7. The van der Waals surface area contributed by atoms with Crippen LogP contribution >= 0.6 is 0 Å². The molecular formula is C11H16N2O2. The first kappa shape index (κ1) is 11.7. The molecule has 0 unspecified atom stereocenters. The maximum atomic E-state index is 10.7. The highest BCUT2D eigenvalue weighted by Crippen LogP contribution is 2.14. The van der Waals surface area contributed by atoms with E-state index in [2.05, 4.69) is 0 Å². The first-order chi connectivity index (χ1) is 7.13. The van der Waals surface area contributed by atoms with E-state index in [9.17, 15) is 4.79 Å². The number of methoxy groups -OCH3 is 1. The average Bonchev–Trinajstić information content (AvgIpc) is 2.18. The number of nitrogens with two attached hydrogens (primary N) is 2.